The number of thioether (sulfide) groups is 1. The number of aromatic nitrogens is 4. The molecule has 0 aliphatic heterocycles. The van der Waals surface area contributed by atoms with E-state index in [2.05, 4.69) is 22.2 Å². The summed E-state index contributed by atoms with van der Waals surface area (Å²) in [4.78, 5) is -0.0334. The maximum Gasteiger partial charge on any atom is 0.276 e. The van der Waals surface area contributed by atoms with Crippen molar-refractivity contribution in [2.24, 2.45) is 5.14 Å². The third kappa shape index (κ3) is 6.56. The van der Waals surface area contributed by atoms with Gasteiger partial charge in [0.1, 0.15) is 0 Å². The van der Waals surface area contributed by atoms with Gasteiger partial charge in [0.15, 0.2) is 17.3 Å². The summed E-state index contributed by atoms with van der Waals surface area (Å²) >= 11 is 1.50. The highest BCUT2D eigenvalue weighted by molar-refractivity contribution is 7.99. The molecule has 4 aromatic rings. The highest BCUT2D eigenvalue weighted by Crippen LogP contribution is 2.32. The summed E-state index contributed by atoms with van der Waals surface area (Å²) in [6.07, 6.45) is 5.89. The second-order valence-electron chi connectivity index (χ2n) is 8.35. The van der Waals surface area contributed by atoms with Crippen LogP contribution in [0.5, 0.6) is 5.75 Å². The van der Waals surface area contributed by atoms with E-state index in [-0.39, 0.29) is 16.5 Å². The molecular weight excluding hydrogens is 517 g/mol. The van der Waals surface area contributed by atoms with Crippen LogP contribution in [0.2, 0.25) is 0 Å². The molecule has 0 aliphatic carbocycles. The Balaban J connectivity index is 1.65. The Bertz CT molecular complexity index is 1450. The van der Waals surface area contributed by atoms with Crippen LogP contribution in [0.3, 0.4) is 0 Å². The normalized spacial score (nSPS) is 11.7. The number of hydrogen-bond acceptors (Lipinski definition) is 8. The number of halogens is 1. The predicted octanol–water partition coefficient (Wildman–Crippen LogP) is 5.45. The SMILES string of the molecule is CCCCCCCSc1nnc(-c2cc(-c3ccc(OC)c(F)c3)n(-c3ccc(S(N)(=O)=O)cc3)n2)o1. The molecule has 37 heavy (non-hydrogen) atoms. The summed E-state index contributed by atoms with van der Waals surface area (Å²) in [6, 6.07) is 12.2. The van der Waals surface area contributed by atoms with E-state index in [1.54, 1.807) is 28.9 Å². The van der Waals surface area contributed by atoms with Crippen LogP contribution < -0.4 is 9.88 Å². The van der Waals surface area contributed by atoms with E-state index in [0.717, 1.165) is 18.6 Å². The lowest BCUT2D eigenvalue weighted by Crippen LogP contribution is -2.12. The number of methoxy groups -OCH3 is 1. The number of ether oxygens (including phenoxy) is 1. The van der Waals surface area contributed by atoms with Gasteiger partial charge in [0.25, 0.3) is 11.1 Å². The van der Waals surface area contributed by atoms with Crippen LogP contribution in [0.15, 0.2) is 63.1 Å². The number of hydrogen-bond donors (Lipinski definition) is 1. The highest BCUT2D eigenvalue weighted by Gasteiger charge is 2.19. The average Bonchev–Trinajstić information content (AvgIpc) is 3.53. The van der Waals surface area contributed by atoms with E-state index >= 15 is 0 Å². The Hall–Kier alpha value is -3.22. The molecule has 4 rings (SSSR count). The molecule has 2 aromatic carbocycles. The fourth-order valence-electron chi connectivity index (χ4n) is 3.73. The fourth-order valence-corrected chi connectivity index (χ4v) is 5.00. The van der Waals surface area contributed by atoms with Crippen LogP contribution >= 0.6 is 11.8 Å². The highest BCUT2D eigenvalue weighted by atomic mass is 32.2. The monoisotopic (exact) mass is 545 g/mol. The van der Waals surface area contributed by atoms with Crippen LogP contribution in [-0.2, 0) is 10.0 Å². The molecule has 0 spiro atoms. The van der Waals surface area contributed by atoms with Crippen molar-refractivity contribution in [1.82, 2.24) is 20.0 Å². The molecule has 0 amide bonds. The first kappa shape index (κ1) is 26.8. The maximum atomic E-state index is 14.5. The summed E-state index contributed by atoms with van der Waals surface area (Å²) in [7, 11) is -2.46. The van der Waals surface area contributed by atoms with Crippen molar-refractivity contribution >= 4 is 21.8 Å². The number of sulfonamides is 1. The molecule has 12 heteroatoms. The van der Waals surface area contributed by atoms with Gasteiger partial charge in [0, 0.05) is 11.3 Å². The minimum Gasteiger partial charge on any atom is -0.494 e. The van der Waals surface area contributed by atoms with E-state index in [9.17, 15) is 12.8 Å². The molecule has 0 atom stereocenters. The second-order valence-corrected chi connectivity index (χ2v) is 11.0. The first-order valence-electron chi connectivity index (χ1n) is 11.8. The van der Waals surface area contributed by atoms with Gasteiger partial charge in [0.05, 0.1) is 23.4 Å². The van der Waals surface area contributed by atoms with E-state index in [1.807, 2.05) is 0 Å². The minimum atomic E-state index is -3.86. The van der Waals surface area contributed by atoms with Crippen molar-refractivity contribution < 1.29 is 22.0 Å². The van der Waals surface area contributed by atoms with Crippen LogP contribution in [0, 0.1) is 5.82 Å². The first-order valence-corrected chi connectivity index (χ1v) is 14.4. The Morgan fingerprint density at radius 2 is 1.81 bits per heavy atom. The second kappa shape index (κ2) is 11.9. The van der Waals surface area contributed by atoms with Crippen LogP contribution in [-0.4, -0.2) is 41.3 Å². The molecule has 0 radical (unpaired) electrons. The van der Waals surface area contributed by atoms with Gasteiger partial charge in [0.2, 0.25) is 10.0 Å². The molecule has 196 valence electrons. The summed E-state index contributed by atoms with van der Waals surface area (Å²) in [5.41, 5.74) is 1.98. The Morgan fingerprint density at radius 3 is 2.49 bits per heavy atom. The lowest BCUT2D eigenvalue weighted by Gasteiger charge is -2.09. The van der Waals surface area contributed by atoms with E-state index < -0.39 is 15.8 Å². The quantitative estimate of drug-likeness (QED) is 0.184. The molecular formula is C25H28FN5O4S2. The zero-order valence-electron chi connectivity index (χ0n) is 20.6. The number of unbranched alkanes of at least 4 members (excludes halogenated alkanes) is 4. The van der Waals surface area contributed by atoms with Crippen molar-refractivity contribution in [1.29, 1.82) is 0 Å². The van der Waals surface area contributed by atoms with E-state index in [1.165, 1.54) is 62.4 Å². The molecule has 9 nitrogen and oxygen atoms in total. The number of nitrogens with two attached hydrogens (primary N) is 1. The molecule has 0 aliphatic rings. The number of rotatable bonds is 12. The molecule has 0 saturated carbocycles. The van der Waals surface area contributed by atoms with E-state index in [4.69, 9.17) is 14.3 Å². The third-order valence-corrected chi connectivity index (χ3v) is 7.50. The van der Waals surface area contributed by atoms with Gasteiger partial charge < -0.3 is 9.15 Å². The zero-order chi connectivity index (χ0) is 26.4. The molecule has 2 aromatic heterocycles. The topological polar surface area (TPSA) is 126 Å². The standard InChI is InChI=1S/C25H28FN5O4S2/c1-3-4-5-6-7-14-36-25-29-28-24(35-25)21-16-22(17-8-13-23(34-2)20(26)15-17)31(30-21)18-9-11-19(12-10-18)37(27,32)33/h8-13,15-16H,3-7,14H2,1-2H3,(H2,27,32,33). The number of nitrogens with zero attached hydrogens (tertiary/aromatic N) is 4. The maximum absolute atomic E-state index is 14.5. The van der Waals surface area contributed by atoms with Crippen molar-refractivity contribution in [2.75, 3.05) is 12.9 Å². The average molecular weight is 546 g/mol. The fraction of sp³-hybridized carbons (Fsp3) is 0.320. The Labute approximate surface area is 219 Å². The summed E-state index contributed by atoms with van der Waals surface area (Å²) in [5.74, 6) is 0.686. The zero-order valence-corrected chi connectivity index (χ0v) is 22.2. The van der Waals surface area contributed by atoms with Crippen LogP contribution in [0.4, 0.5) is 4.39 Å². The molecule has 0 bridgehead atoms. The largest absolute Gasteiger partial charge is 0.494 e. The van der Waals surface area contributed by atoms with Crippen LogP contribution in [0.25, 0.3) is 28.5 Å². The van der Waals surface area contributed by atoms with Gasteiger partial charge in [-0.3, -0.25) is 0 Å². The molecule has 0 unspecified atom stereocenters. The Morgan fingerprint density at radius 1 is 1.05 bits per heavy atom. The molecule has 0 saturated heterocycles. The number of primary sulfonamides is 1. The number of benzene rings is 2. The minimum absolute atomic E-state index is 0.0334. The van der Waals surface area contributed by atoms with Gasteiger partial charge in [-0.05, 0) is 55.0 Å². The van der Waals surface area contributed by atoms with Gasteiger partial charge in [-0.25, -0.2) is 22.6 Å². The third-order valence-electron chi connectivity index (χ3n) is 5.67. The van der Waals surface area contributed by atoms with Crippen molar-refractivity contribution in [3.05, 3.63) is 54.3 Å². The van der Waals surface area contributed by atoms with Crippen molar-refractivity contribution in [2.45, 2.75) is 49.1 Å². The van der Waals surface area contributed by atoms with E-state index in [0.29, 0.717) is 27.9 Å². The van der Waals surface area contributed by atoms with Gasteiger partial charge in [-0.2, -0.15) is 5.10 Å². The van der Waals surface area contributed by atoms with Gasteiger partial charge in [-0.15, -0.1) is 10.2 Å². The first-order chi connectivity index (χ1) is 17.8. The summed E-state index contributed by atoms with van der Waals surface area (Å²) in [5, 5.41) is 18.6. The molecule has 2 N–H and O–H groups in total. The molecule has 2 heterocycles. The summed E-state index contributed by atoms with van der Waals surface area (Å²) < 4.78 is 50.3. The van der Waals surface area contributed by atoms with Gasteiger partial charge >= 0.3 is 0 Å². The van der Waals surface area contributed by atoms with Gasteiger partial charge in [-0.1, -0.05) is 44.4 Å². The van der Waals surface area contributed by atoms with Crippen molar-refractivity contribution in [3.63, 3.8) is 0 Å². The van der Waals surface area contributed by atoms with Crippen LogP contribution in [0.1, 0.15) is 39.0 Å². The lowest BCUT2D eigenvalue weighted by molar-refractivity contribution is 0.386. The predicted molar refractivity (Wildman–Crippen MR) is 140 cm³/mol. The van der Waals surface area contributed by atoms with Crippen molar-refractivity contribution in [3.8, 4) is 34.3 Å². The smallest absolute Gasteiger partial charge is 0.276 e. The lowest BCUT2D eigenvalue weighted by atomic mass is 10.1. The summed E-state index contributed by atoms with van der Waals surface area (Å²) in [6.45, 7) is 2.19. The Kier molecular flexibility index (Phi) is 8.62. The molecule has 0 fully saturated rings.